The fourth-order valence-corrected chi connectivity index (χ4v) is 2.71. The second kappa shape index (κ2) is 7.35. The molecule has 11 heteroatoms. The molecular formula is C19H12F3N5O3. The fraction of sp³-hybridized carbons (Fsp3) is 0.0526. The predicted molar refractivity (Wildman–Crippen MR) is 102 cm³/mol. The molecule has 0 spiro atoms. The van der Waals surface area contributed by atoms with Crippen LogP contribution in [0.1, 0.15) is 5.56 Å². The Morgan fingerprint density at radius 1 is 1.10 bits per heavy atom. The number of nitrogens with one attached hydrogen (secondary N) is 2. The lowest BCUT2D eigenvalue weighted by atomic mass is 10.2. The highest BCUT2D eigenvalue weighted by Crippen LogP contribution is 2.34. The normalized spacial score (nSPS) is 11.4. The number of hydrogen-bond acceptors (Lipinski definition) is 6. The van der Waals surface area contributed by atoms with E-state index in [0.29, 0.717) is 16.7 Å². The maximum atomic E-state index is 12.9. The number of imidazole rings is 1. The summed E-state index contributed by atoms with van der Waals surface area (Å²) in [7, 11) is 0. The molecular weight excluding hydrogens is 403 g/mol. The molecule has 2 N–H and O–H groups in total. The van der Waals surface area contributed by atoms with Gasteiger partial charge in [0.2, 0.25) is 11.8 Å². The molecule has 4 rings (SSSR count). The van der Waals surface area contributed by atoms with Gasteiger partial charge in [-0.3, -0.25) is 10.1 Å². The number of halogens is 3. The summed E-state index contributed by atoms with van der Waals surface area (Å²) in [4.78, 5) is 21.6. The number of aromatic nitrogens is 3. The first-order valence-corrected chi connectivity index (χ1v) is 8.51. The van der Waals surface area contributed by atoms with Gasteiger partial charge in [-0.25, -0.2) is 9.97 Å². The highest BCUT2D eigenvalue weighted by atomic mass is 19.4. The maximum Gasteiger partial charge on any atom is 0.416 e. The number of nitro groups is 1. The Kier molecular flexibility index (Phi) is 4.70. The predicted octanol–water partition coefficient (Wildman–Crippen LogP) is 5.42. The summed E-state index contributed by atoms with van der Waals surface area (Å²) in [5.41, 5.74) is 0.337. The van der Waals surface area contributed by atoms with Crippen LogP contribution in [0.5, 0.6) is 11.6 Å². The average molecular weight is 415 g/mol. The molecule has 0 saturated heterocycles. The molecule has 8 nitrogen and oxygen atoms in total. The monoisotopic (exact) mass is 415 g/mol. The number of pyridine rings is 1. The zero-order valence-electron chi connectivity index (χ0n) is 15.0. The van der Waals surface area contributed by atoms with Crippen LogP contribution in [-0.4, -0.2) is 19.9 Å². The molecule has 4 aromatic rings. The number of anilines is 2. The van der Waals surface area contributed by atoms with Crippen molar-refractivity contribution >= 4 is 28.4 Å². The zero-order chi connectivity index (χ0) is 21.3. The number of ether oxygens (including phenoxy) is 1. The largest absolute Gasteiger partial charge is 0.437 e. The van der Waals surface area contributed by atoms with Gasteiger partial charge in [-0.2, -0.15) is 13.2 Å². The standard InChI is InChI=1S/C19H12F3N5O3/c20-19(21,22)11-3-1-4-13(9-11)30-17-15(5-2-8-23-17)25-18-24-14-7-6-12(27(28)29)10-16(14)26-18/h1-10H,(H2,24,25,26). The van der Waals surface area contributed by atoms with Gasteiger partial charge in [0.15, 0.2) is 0 Å². The molecule has 30 heavy (non-hydrogen) atoms. The number of aromatic amines is 1. The third-order valence-electron chi connectivity index (χ3n) is 4.08. The third kappa shape index (κ3) is 3.99. The van der Waals surface area contributed by atoms with Gasteiger partial charge >= 0.3 is 6.18 Å². The average Bonchev–Trinajstić information content (AvgIpc) is 3.10. The smallest absolute Gasteiger partial charge is 0.416 e. The Labute approximate surface area is 166 Å². The minimum atomic E-state index is -4.50. The summed E-state index contributed by atoms with van der Waals surface area (Å²) < 4.78 is 44.3. The summed E-state index contributed by atoms with van der Waals surface area (Å²) >= 11 is 0. The van der Waals surface area contributed by atoms with Gasteiger partial charge in [0.25, 0.3) is 5.69 Å². The van der Waals surface area contributed by atoms with Crippen LogP contribution in [0, 0.1) is 10.1 Å². The maximum absolute atomic E-state index is 12.9. The van der Waals surface area contributed by atoms with Crippen molar-refractivity contribution in [3.8, 4) is 11.6 Å². The van der Waals surface area contributed by atoms with E-state index in [1.165, 1.54) is 36.5 Å². The van der Waals surface area contributed by atoms with E-state index in [4.69, 9.17) is 4.74 Å². The molecule has 0 aliphatic heterocycles. The van der Waals surface area contributed by atoms with E-state index >= 15 is 0 Å². The topological polar surface area (TPSA) is 106 Å². The van der Waals surface area contributed by atoms with Crippen molar-refractivity contribution in [2.24, 2.45) is 0 Å². The van der Waals surface area contributed by atoms with Crippen molar-refractivity contribution in [3.05, 3.63) is 76.5 Å². The quantitative estimate of drug-likeness (QED) is 0.333. The van der Waals surface area contributed by atoms with Gasteiger partial charge in [0.05, 0.1) is 21.5 Å². The summed E-state index contributed by atoms with van der Waals surface area (Å²) in [5.74, 6) is 0.252. The number of hydrogen-bond donors (Lipinski definition) is 2. The van der Waals surface area contributed by atoms with E-state index in [-0.39, 0.29) is 23.3 Å². The molecule has 0 aliphatic carbocycles. The first-order valence-electron chi connectivity index (χ1n) is 8.51. The number of H-pyrrole nitrogens is 1. The fourth-order valence-electron chi connectivity index (χ4n) is 2.71. The Morgan fingerprint density at radius 3 is 2.70 bits per heavy atom. The Morgan fingerprint density at radius 2 is 1.93 bits per heavy atom. The zero-order valence-corrected chi connectivity index (χ0v) is 15.0. The van der Waals surface area contributed by atoms with E-state index in [2.05, 4.69) is 20.3 Å². The Hall–Kier alpha value is -4.15. The van der Waals surface area contributed by atoms with Gasteiger partial charge < -0.3 is 15.0 Å². The molecule has 2 heterocycles. The Bertz CT molecular complexity index is 1240. The number of nitro benzene ring substituents is 1. The first kappa shape index (κ1) is 19.2. The number of alkyl halides is 3. The summed E-state index contributed by atoms with van der Waals surface area (Å²) in [6.07, 6.45) is -3.07. The Balaban J connectivity index is 1.61. The molecule has 2 aromatic carbocycles. The van der Waals surface area contributed by atoms with Crippen LogP contribution >= 0.6 is 0 Å². The summed E-state index contributed by atoms with van der Waals surface area (Å²) in [5, 5.41) is 13.8. The van der Waals surface area contributed by atoms with Gasteiger partial charge in [0, 0.05) is 18.3 Å². The minimum Gasteiger partial charge on any atom is -0.437 e. The highest BCUT2D eigenvalue weighted by molar-refractivity contribution is 5.81. The van der Waals surface area contributed by atoms with E-state index in [0.717, 1.165) is 12.1 Å². The van der Waals surface area contributed by atoms with Crippen LogP contribution in [0.15, 0.2) is 60.8 Å². The lowest BCUT2D eigenvalue weighted by Crippen LogP contribution is -2.04. The number of non-ortho nitro benzene ring substituents is 1. The number of rotatable bonds is 5. The number of nitrogens with zero attached hydrogens (tertiary/aromatic N) is 3. The van der Waals surface area contributed by atoms with Gasteiger partial charge in [-0.1, -0.05) is 6.07 Å². The molecule has 0 atom stereocenters. The van der Waals surface area contributed by atoms with Crippen LogP contribution in [0.3, 0.4) is 0 Å². The van der Waals surface area contributed by atoms with Crippen molar-refractivity contribution in [2.75, 3.05) is 5.32 Å². The molecule has 0 saturated carbocycles. The highest BCUT2D eigenvalue weighted by Gasteiger charge is 2.30. The lowest BCUT2D eigenvalue weighted by molar-refractivity contribution is -0.384. The molecule has 0 aliphatic rings. The first-order chi connectivity index (χ1) is 14.3. The van der Waals surface area contributed by atoms with Crippen LogP contribution < -0.4 is 10.1 Å². The minimum absolute atomic E-state index is 0.0308. The molecule has 0 radical (unpaired) electrons. The molecule has 152 valence electrons. The van der Waals surface area contributed by atoms with E-state index in [1.807, 2.05) is 0 Å². The molecule has 2 aromatic heterocycles. The second-order valence-corrected chi connectivity index (χ2v) is 6.15. The van der Waals surface area contributed by atoms with E-state index in [9.17, 15) is 23.3 Å². The van der Waals surface area contributed by atoms with Crippen LogP contribution in [0.4, 0.5) is 30.5 Å². The number of benzene rings is 2. The third-order valence-corrected chi connectivity index (χ3v) is 4.08. The van der Waals surface area contributed by atoms with Crippen LogP contribution in [0.25, 0.3) is 11.0 Å². The number of fused-ring (bicyclic) bond motifs is 1. The van der Waals surface area contributed by atoms with Gasteiger partial charge in [-0.05, 0) is 36.4 Å². The van der Waals surface area contributed by atoms with Crippen LogP contribution in [-0.2, 0) is 6.18 Å². The molecule has 0 fully saturated rings. The van der Waals surface area contributed by atoms with Crippen molar-refractivity contribution < 1.29 is 22.8 Å². The van der Waals surface area contributed by atoms with Gasteiger partial charge in [0.1, 0.15) is 11.4 Å². The van der Waals surface area contributed by atoms with E-state index < -0.39 is 16.7 Å². The SMILES string of the molecule is O=[N+]([O-])c1ccc2nc(Nc3cccnc3Oc3cccc(C(F)(F)F)c3)[nH]c2c1. The summed E-state index contributed by atoms with van der Waals surface area (Å²) in [6, 6.07) is 11.8. The second-order valence-electron chi connectivity index (χ2n) is 6.15. The van der Waals surface area contributed by atoms with Gasteiger partial charge in [-0.15, -0.1) is 0 Å². The lowest BCUT2D eigenvalue weighted by Gasteiger charge is -2.12. The van der Waals surface area contributed by atoms with Crippen molar-refractivity contribution in [1.29, 1.82) is 0 Å². The van der Waals surface area contributed by atoms with Crippen molar-refractivity contribution in [1.82, 2.24) is 15.0 Å². The molecule has 0 amide bonds. The molecule has 0 bridgehead atoms. The van der Waals surface area contributed by atoms with Crippen molar-refractivity contribution in [2.45, 2.75) is 6.18 Å². The van der Waals surface area contributed by atoms with Crippen molar-refractivity contribution in [3.63, 3.8) is 0 Å². The molecule has 0 unspecified atom stereocenters. The van der Waals surface area contributed by atoms with Crippen LogP contribution in [0.2, 0.25) is 0 Å². The summed E-state index contributed by atoms with van der Waals surface area (Å²) in [6.45, 7) is 0. The van der Waals surface area contributed by atoms with E-state index in [1.54, 1.807) is 12.1 Å².